The summed E-state index contributed by atoms with van der Waals surface area (Å²) in [6.45, 7) is 5.40. The third kappa shape index (κ3) is 1.89. The lowest BCUT2D eigenvalue weighted by Crippen LogP contribution is -2.31. The minimum atomic E-state index is -0.869. The Labute approximate surface area is 83.2 Å². The van der Waals surface area contributed by atoms with Crippen molar-refractivity contribution in [2.45, 2.75) is 39.7 Å². The largest absolute Gasteiger partial charge is 0.481 e. The highest BCUT2D eigenvalue weighted by atomic mass is 16.6. The Morgan fingerprint density at radius 1 is 1.79 bits per heavy atom. The number of rotatable bonds is 3. The molecule has 4 nitrogen and oxygen atoms in total. The van der Waals surface area contributed by atoms with Gasteiger partial charge in [0.1, 0.15) is 6.10 Å². The highest BCUT2D eigenvalue weighted by Crippen LogP contribution is 2.41. The maximum atomic E-state index is 11.5. The standard InChI is InChI=1S/C10H16O4/c1-6(4-8(11)12)10(3)5-7(2)14-9(10)13/h6-7H,4-5H2,1-3H3,(H,11,12). The van der Waals surface area contributed by atoms with Crippen LogP contribution in [0.25, 0.3) is 0 Å². The van der Waals surface area contributed by atoms with Crippen molar-refractivity contribution in [1.82, 2.24) is 0 Å². The van der Waals surface area contributed by atoms with E-state index in [4.69, 9.17) is 9.84 Å². The average molecular weight is 200 g/mol. The van der Waals surface area contributed by atoms with Crippen LogP contribution in [0.3, 0.4) is 0 Å². The highest BCUT2D eigenvalue weighted by Gasteiger charge is 2.47. The quantitative estimate of drug-likeness (QED) is 0.700. The van der Waals surface area contributed by atoms with Crippen molar-refractivity contribution in [3.63, 3.8) is 0 Å². The molecule has 0 saturated carbocycles. The predicted octanol–water partition coefficient (Wildman–Crippen LogP) is 1.44. The molecule has 3 atom stereocenters. The van der Waals surface area contributed by atoms with Crippen LogP contribution in [0.4, 0.5) is 0 Å². The fourth-order valence-corrected chi connectivity index (χ4v) is 1.93. The molecule has 0 aromatic heterocycles. The van der Waals surface area contributed by atoms with Gasteiger partial charge in [-0.05, 0) is 19.8 Å². The molecule has 0 aromatic carbocycles. The summed E-state index contributed by atoms with van der Waals surface area (Å²) in [5.74, 6) is -1.32. The number of aliphatic carboxylic acids is 1. The summed E-state index contributed by atoms with van der Waals surface area (Å²) in [5.41, 5.74) is -0.627. The number of carbonyl (C=O) groups excluding carboxylic acids is 1. The van der Waals surface area contributed by atoms with Crippen LogP contribution >= 0.6 is 0 Å². The molecule has 0 aliphatic carbocycles. The monoisotopic (exact) mass is 200 g/mol. The fourth-order valence-electron chi connectivity index (χ4n) is 1.93. The summed E-state index contributed by atoms with van der Waals surface area (Å²) in [6, 6.07) is 0. The predicted molar refractivity (Wildman–Crippen MR) is 49.7 cm³/mol. The van der Waals surface area contributed by atoms with Gasteiger partial charge in [-0.1, -0.05) is 6.92 Å². The molecule has 1 aliphatic rings. The SMILES string of the molecule is CC1CC(C)(C(C)CC(=O)O)C(=O)O1. The topological polar surface area (TPSA) is 63.6 Å². The molecule has 0 bridgehead atoms. The molecule has 0 amide bonds. The van der Waals surface area contributed by atoms with E-state index in [0.29, 0.717) is 6.42 Å². The first kappa shape index (κ1) is 11.0. The summed E-state index contributed by atoms with van der Waals surface area (Å²) in [7, 11) is 0. The number of ether oxygens (including phenoxy) is 1. The van der Waals surface area contributed by atoms with Crippen molar-refractivity contribution in [2.24, 2.45) is 11.3 Å². The van der Waals surface area contributed by atoms with E-state index in [9.17, 15) is 9.59 Å². The lowest BCUT2D eigenvalue weighted by atomic mass is 9.74. The molecule has 1 aliphatic heterocycles. The molecule has 80 valence electrons. The third-order valence-corrected chi connectivity index (χ3v) is 3.05. The second kappa shape index (κ2) is 3.59. The van der Waals surface area contributed by atoms with Crippen LogP contribution in [0, 0.1) is 11.3 Å². The Morgan fingerprint density at radius 3 is 2.71 bits per heavy atom. The molecule has 3 unspecified atom stereocenters. The summed E-state index contributed by atoms with van der Waals surface area (Å²) in [6.07, 6.45) is 0.530. The van der Waals surface area contributed by atoms with Gasteiger partial charge in [0.2, 0.25) is 0 Å². The lowest BCUT2D eigenvalue weighted by Gasteiger charge is -2.25. The van der Waals surface area contributed by atoms with Gasteiger partial charge in [-0.2, -0.15) is 0 Å². The van der Waals surface area contributed by atoms with E-state index in [0.717, 1.165) is 0 Å². The zero-order chi connectivity index (χ0) is 10.9. The van der Waals surface area contributed by atoms with E-state index >= 15 is 0 Å². The van der Waals surface area contributed by atoms with Crippen molar-refractivity contribution in [2.75, 3.05) is 0 Å². The molecule has 1 N–H and O–H groups in total. The maximum Gasteiger partial charge on any atom is 0.312 e. The number of esters is 1. The zero-order valence-electron chi connectivity index (χ0n) is 8.74. The molecule has 0 aromatic rings. The Balaban J connectivity index is 2.74. The second-order valence-corrected chi connectivity index (χ2v) is 4.34. The van der Waals surface area contributed by atoms with Gasteiger partial charge < -0.3 is 9.84 Å². The molecular weight excluding hydrogens is 184 g/mol. The molecule has 1 rings (SSSR count). The van der Waals surface area contributed by atoms with E-state index in [1.165, 1.54) is 0 Å². The number of cyclic esters (lactones) is 1. The minimum Gasteiger partial charge on any atom is -0.481 e. The molecule has 1 heterocycles. The van der Waals surface area contributed by atoms with Gasteiger partial charge in [0.25, 0.3) is 0 Å². The molecule has 14 heavy (non-hydrogen) atoms. The summed E-state index contributed by atoms with van der Waals surface area (Å²) >= 11 is 0. The van der Waals surface area contributed by atoms with Crippen LogP contribution in [0.2, 0.25) is 0 Å². The molecule has 4 heteroatoms. The first-order valence-corrected chi connectivity index (χ1v) is 4.79. The number of carbonyl (C=O) groups is 2. The van der Waals surface area contributed by atoms with Crippen molar-refractivity contribution in [3.05, 3.63) is 0 Å². The van der Waals surface area contributed by atoms with Crippen molar-refractivity contribution in [1.29, 1.82) is 0 Å². The second-order valence-electron chi connectivity index (χ2n) is 4.34. The number of carboxylic acid groups (broad SMARTS) is 1. The highest BCUT2D eigenvalue weighted by molar-refractivity contribution is 5.80. The Bertz CT molecular complexity index is 261. The van der Waals surface area contributed by atoms with Gasteiger partial charge in [0, 0.05) is 12.8 Å². The molecular formula is C10H16O4. The van der Waals surface area contributed by atoms with E-state index in [2.05, 4.69) is 0 Å². The van der Waals surface area contributed by atoms with Gasteiger partial charge in [-0.3, -0.25) is 9.59 Å². The van der Waals surface area contributed by atoms with E-state index in [-0.39, 0.29) is 24.4 Å². The van der Waals surface area contributed by atoms with E-state index in [1.807, 2.05) is 6.92 Å². The molecule has 0 spiro atoms. The van der Waals surface area contributed by atoms with Crippen LogP contribution in [0.1, 0.15) is 33.6 Å². The Morgan fingerprint density at radius 2 is 2.36 bits per heavy atom. The number of hydrogen-bond acceptors (Lipinski definition) is 3. The first-order valence-electron chi connectivity index (χ1n) is 4.79. The number of hydrogen-bond donors (Lipinski definition) is 1. The molecule has 1 fully saturated rings. The van der Waals surface area contributed by atoms with Gasteiger partial charge in [-0.25, -0.2) is 0 Å². The van der Waals surface area contributed by atoms with Gasteiger partial charge in [0.05, 0.1) is 5.41 Å². The molecule has 1 saturated heterocycles. The Kier molecular flexibility index (Phi) is 2.83. The smallest absolute Gasteiger partial charge is 0.312 e. The normalized spacial score (nSPS) is 33.9. The van der Waals surface area contributed by atoms with Crippen molar-refractivity contribution < 1.29 is 19.4 Å². The fraction of sp³-hybridized carbons (Fsp3) is 0.800. The summed E-state index contributed by atoms with van der Waals surface area (Å²) in [4.78, 5) is 22.1. The summed E-state index contributed by atoms with van der Waals surface area (Å²) < 4.78 is 5.05. The van der Waals surface area contributed by atoms with Crippen LogP contribution in [0.15, 0.2) is 0 Å². The van der Waals surface area contributed by atoms with Gasteiger partial charge in [-0.15, -0.1) is 0 Å². The molecule has 0 radical (unpaired) electrons. The van der Waals surface area contributed by atoms with Crippen LogP contribution in [-0.2, 0) is 14.3 Å². The minimum absolute atomic E-state index is 0.0122. The third-order valence-electron chi connectivity index (χ3n) is 3.05. The summed E-state index contributed by atoms with van der Waals surface area (Å²) in [5, 5.41) is 8.66. The zero-order valence-corrected chi connectivity index (χ0v) is 8.74. The Hall–Kier alpha value is -1.06. The van der Waals surface area contributed by atoms with Crippen molar-refractivity contribution >= 4 is 11.9 Å². The van der Waals surface area contributed by atoms with E-state index < -0.39 is 11.4 Å². The number of carboxylic acids is 1. The van der Waals surface area contributed by atoms with E-state index in [1.54, 1.807) is 13.8 Å². The van der Waals surface area contributed by atoms with Crippen LogP contribution < -0.4 is 0 Å². The van der Waals surface area contributed by atoms with Crippen LogP contribution in [0.5, 0.6) is 0 Å². The maximum absolute atomic E-state index is 11.5. The van der Waals surface area contributed by atoms with Gasteiger partial charge >= 0.3 is 11.9 Å². The first-order chi connectivity index (χ1) is 6.36. The van der Waals surface area contributed by atoms with Gasteiger partial charge in [0.15, 0.2) is 0 Å². The van der Waals surface area contributed by atoms with Crippen molar-refractivity contribution in [3.8, 4) is 0 Å². The van der Waals surface area contributed by atoms with Crippen LogP contribution in [-0.4, -0.2) is 23.1 Å². The average Bonchev–Trinajstić information content (AvgIpc) is 2.25. The lowest BCUT2D eigenvalue weighted by molar-refractivity contribution is -0.150.